The highest BCUT2D eigenvalue weighted by Gasteiger charge is 2.13. The maximum absolute atomic E-state index is 12.2. The van der Waals surface area contributed by atoms with Gasteiger partial charge in [0.05, 0.1) is 10.0 Å². The first-order valence-corrected chi connectivity index (χ1v) is 9.89. The maximum Gasteiger partial charge on any atom is 0.270 e. The van der Waals surface area contributed by atoms with Gasteiger partial charge in [0.25, 0.3) is 5.91 Å². The number of thiazole rings is 1. The molecule has 1 saturated heterocycles. The molecule has 2 N–H and O–H groups in total. The Kier molecular flexibility index (Phi) is 8.60. The summed E-state index contributed by atoms with van der Waals surface area (Å²) in [4.78, 5) is 19.0. The topological polar surface area (TPSA) is 57.3 Å². The number of carbonyl (C=O) groups is 1. The third-order valence-corrected chi connectivity index (χ3v) is 5.68. The summed E-state index contributed by atoms with van der Waals surface area (Å²) in [7, 11) is 0. The number of halogens is 3. The highest BCUT2D eigenvalue weighted by molar-refractivity contribution is 7.13. The van der Waals surface area contributed by atoms with Crippen LogP contribution in [0.4, 0.5) is 0 Å². The zero-order valence-corrected chi connectivity index (χ0v) is 17.3. The van der Waals surface area contributed by atoms with Crippen molar-refractivity contribution in [2.45, 2.75) is 6.42 Å². The lowest BCUT2D eigenvalue weighted by Crippen LogP contribution is -2.44. The Hall–Kier alpha value is -0.890. The number of hydrogen-bond acceptors (Lipinski definition) is 5. The maximum atomic E-state index is 12.2. The molecular formula is C17H21Cl3N4OS. The molecular weight excluding hydrogens is 415 g/mol. The van der Waals surface area contributed by atoms with Gasteiger partial charge in [-0.25, -0.2) is 4.98 Å². The van der Waals surface area contributed by atoms with E-state index in [1.165, 1.54) is 11.3 Å². The fraction of sp³-hybridized carbons (Fsp3) is 0.412. The Balaban J connectivity index is 0.00000243. The third kappa shape index (κ3) is 5.81. The van der Waals surface area contributed by atoms with E-state index in [0.29, 0.717) is 22.3 Å². The molecule has 1 aliphatic rings. The van der Waals surface area contributed by atoms with Crippen molar-refractivity contribution < 1.29 is 4.79 Å². The van der Waals surface area contributed by atoms with Crippen LogP contribution in [-0.4, -0.2) is 55.1 Å². The standard InChI is InChI=1S/C17H20Cl2N4OS.ClH/c18-13-3-2-12(10-14(13)19)17-22-15(11-25-17)16(24)21-4-1-7-23-8-5-20-6-9-23;/h2-3,10-11,20H,1,4-9H2,(H,21,24);1H. The lowest BCUT2D eigenvalue weighted by atomic mass is 10.2. The molecule has 2 aromatic rings. The second-order valence-corrected chi connectivity index (χ2v) is 7.54. The number of piperazine rings is 1. The van der Waals surface area contributed by atoms with E-state index < -0.39 is 0 Å². The lowest BCUT2D eigenvalue weighted by Gasteiger charge is -2.26. The van der Waals surface area contributed by atoms with Gasteiger partial charge < -0.3 is 15.5 Å². The van der Waals surface area contributed by atoms with Gasteiger partial charge in [-0.05, 0) is 25.1 Å². The molecule has 0 unspecified atom stereocenters. The van der Waals surface area contributed by atoms with Crippen molar-refractivity contribution in [1.29, 1.82) is 0 Å². The van der Waals surface area contributed by atoms with Gasteiger partial charge in [0.2, 0.25) is 0 Å². The average Bonchev–Trinajstić information content (AvgIpc) is 3.12. The molecule has 0 saturated carbocycles. The Morgan fingerprint density at radius 1 is 1.27 bits per heavy atom. The molecule has 1 amide bonds. The van der Waals surface area contributed by atoms with Crippen LogP contribution in [0.15, 0.2) is 23.6 Å². The molecule has 3 rings (SSSR count). The van der Waals surface area contributed by atoms with Crippen LogP contribution in [0.3, 0.4) is 0 Å². The van der Waals surface area contributed by atoms with Crippen LogP contribution in [-0.2, 0) is 0 Å². The number of carbonyl (C=O) groups excluding carboxylic acids is 1. The van der Waals surface area contributed by atoms with E-state index in [0.717, 1.165) is 49.7 Å². The highest BCUT2D eigenvalue weighted by Crippen LogP contribution is 2.30. The number of rotatable bonds is 6. The average molecular weight is 436 g/mol. The van der Waals surface area contributed by atoms with Gasteiger partial charge in [0.1, 0.15) is 10.7 Å². The summed E-state index contributed by atoms with van der Waals surface area (Å²) in [6, 6.07) is 5.34. The molecule has 1 aromatic carbocycles. The van der Waals surface area contributed by atoms with Crippen LogP contribution in [0, 0.1) is 0 Å². The van der Waals surface area contributed by atoms with Crippen LogP contribution in [0.5, 0.6) is 0 Å². The number of aromatic nitrogens is 1. The molecule has 2 heterocycles. The van der Waals surface area contributed by atoms with E-state index >= 15 is 0 Å². The number of amides is 1. The summed E-state index contributed by atoms with van der Waals surface area (Å²) in [5, 5.41) is 9.78. The summed E-state index contributed by atoms with van der Waals surface area (Å²) in [6.07, 6.45) is 0.940. The molecule has 1 fully saturated rings. The van der Waals surface area contributed by atoms with Crippen molar-refractivity contribution in [1.82, 2.24) is 20.5 Å². The van der Waals surface area contributed by atoms with E-state index in [1.54, 1.807) is 17.5 Å². The minimum Gasteiger partial charge on any atom is -0.351 e. The van der Waals surface area contributed by atoms with Crippen LogP contribution in [0.1, 0.15) is 16.9 Å². The normalized spacial score (nSPS) is 14.7. The van der Waals surface area contributed by atoms with Crippen molar-refractivity contribution >= 4 is 52.9 Å². The first-order valence-electron chi connectivity index (χ1n) is 8.26. The fourth-order valence-electron chi connectivity index (χ4n) is 2.67. The van der Waals surface area contributed by atoms with E-state index in [1.807, 2.05) is 6.07 Å². The zero-order valence-electron chi connectivity index (χ0n) is 14.1. The molecule has 142 valence electrons. The van der Waals surface area contributed by atoms with Gasteiger partial charge in [0.15, 0.2) is 0 Å². The smallest absolute Gasteiger partial charge is 0.270 e. The minimum absolute atomic E-state index is 0. The molecule has 0 spiro atoms. The summed E-state index contributed by atoms with van der Waals surface area (Å²) in [5.74, 6) is -0.136. The van der Waals surface area contributed by atoms with Crippen molar-refractivity contribution in [3.8, 4) is 10.6 Å². The number of benzene rings is 1. The molecule has 0 bridgehead atoms. The summed E-state index contributed by atoms with van der Waals surface area (Å²) in [5.41, 5.74) is 1.30. The van der Waals surface area contributed by atoms with E-state index in [4.69, 9.17) is 23.2 Å². The molecule has 0 aliphatic carbocycles. The predicted octanol–water partition coefficient (Wildman–Crippen LogP) is 3.56. The highest BCUT2D eigenvalue weighted by atomic mass is 35.5. The Morgan fingerprint density at radius 3 is 2.77 bits per heavy atom. The van der Waals surface area contributed by atoms with Crippen LogP contribution in [0.2, 0.25) is 10.0 Å². The van der Waals surface area contributed by atoms with Crippen LogP contribution < -0.4 is 10.6 Å². The SMILES string of the molecule is Cl.O=C(NCCCN1CCNCC1)c1csc(-c2ccc(Cl)c(Cl)c2)n1. The van der Waals surface area contributed by atoms with Crippen molar-refractivity contribution in [3.05, 3.63) is 39.3 Å². The van der Waals surface area contributed by atoms with E-state index in [-0.39, 0.29) is 18.3 Å². The Bertz CT molecular complexity index is 735. The molecule has 1 aliphatic heterocycles. The van der Waals surface area contributed by atoms with E-state index in [2.05, 4.69) is 20.5 Å². The molecule has 5 nitrogen and oxygen atoms in total. The molecule has 9 heteroatoms. The molecule has 1 aromatic heterocycles. The fourth-order valence-corrected chi connectivity index (χ4v) is 3.76. The van der Waals surface area contributed by atoms with Gasteiger partial charge in [-0.2, -0.15) is 0 Å². The van der Waals surface area contributed by atoms with Crippen molar-refractivity contribution in [2.75, 3.05) is 39.3 Å². The third-order valence-electron chi connectivity index (χ3n) is 4.05. The summed E-state index contributed by atoms with van der Waals surface area (Å²) >= 11 is 13.4. The van der Waals surface area contributed by atoms with Gasteiger partial charge in [0, 0.05) is 43.7 Å². The first kappa shape index (κ1) is 21.4. The minimum atomic E-state index is -0.136. The van der Waals surface area contributed by atoms with Gasteiger partial charge >= 0.3 is 0 Å². The second kappa shape index (κ2) is 10.4. The molecule has 0 atom stereocenters. The molecule has 26 heavy (non-hydrogen) atoms. The Labute approximate surface area is 173 Å². The van der Waals surface area contributed by atoms with Crippen LogP contribution >= 0.6 is 46.9 Å². The second-order valence-electron chi connectivity index (χ2n) is 5.87. The van der Waals surface area contributed by atoms with Crippen LogP contribution in [0.25, 0.3) is 10.6 Å². The number of nitrogens with one attached hydrogen (secondary N) is 2. The lowest BCUT2D eigenvalue weighted by molar-refractivity contribution is 0.0947. The van der Waals surface area contributed by atoms with Gasteiger partial charge in [-0.15, -0.1) is 23.7 Å². The van der Waals surface area contributed by atoms with Gasteiger partial charge in [-0.1, -0.05) is 29.3 Å². The van der Waals surface area contributed by atoms with Crippen molar-refractivity contribution in [3.63, 3.8) is 0 Å². The monoisotopic (exact) mass is 434 g/mol. The largest absolute Gasteiger partial charge is 0.351 e. The van der Waals surface area contributed by atoms with Crippen molar-refractivity contribution in [2.24, 2.45) is 0 Å². The zero-order chi connectivity index (χ0) is 17.6. The summed E-state index contributed by atoms with van der Waals surface area (Å²) < 4.78 is 0. The predicted molar refractivity (Wildman–Crippen MR) is 111 cm³/mol. The van der Waals surface area contributed by atoms with E-state index in [9.17, 15) is 4.79 Å². The molecule has 0 radical (unpaired) electrons. The summed E-state index contributed by atoms with van der Waals surface area (Å²) in [6.45, 7) is 5.90. The Morgan fingerprint density at radius 2 is 2.04 bits per heavy atom. The van der Waals surface area contributed by atoms with Gasteiger partial charge in [-0.3, -0.25) is 4.79 Å². The number of nitrogens with zero attached hydrogens (tertiary/aromatic N) is 2. The number of hydrogen-bond donors (Lipinski definition) is 2. The quantitative estimate of drug-likeness (QED) is 0.681. The first-order chi connectivity index (χ1) is 12.1.